The number of hydrogen-bond donors (Lipinski definition) is 1. The zero-order chi connectivity index (χ0) is 8.39. The molecule has 80 valence electrons. The molecule has 14 heavy (non-hydrogen) atoms. The van der Waals surface area contributed by atoms with Crippen molar-refractivity contribution < 1.29 is 0 Å². The van der Waals surface area contributed by atoms with Gasteiger partial charge in [0.2, 0.25) is 0 Å². The molecule has 0 radical (unpaired) electrons. The third-order valence-corrected chi connectivity index (χ3v) is 2.10. The molecular weight excluding hydrogens is 223 g/mol. The highest BCUT2D eigenvalue weighted by Crippen LogP contribution is 2.14. The molecule has 1 aliphatic rings. The van der Waals surface area contributed by atoms with Crippen LogP contribution in [0.1, 0.15) is 6.42 Å². The van der Waals surface area contributed by atoms with Crippen molar-refractivity contribution in [1.29, 1.82) is 0 Å². The topological polar surface area (TPSA) is 55.0 Å². The van der Waals surface area contributed by atoms with Gasteiger partial charge < -0.3 is 10.6 Å². The van der Waals surface area contributed by atoms with Crippen LogP contribution >= 0.6 is 24.8 Å². The van der Waals surface area contributed by atoms with E-state index >= 15 is 0 Å². The van der Waals surface area contributed by atoms with Crippen LogP contribution in [0.5, 0.6) is 0 Å². The largest absolute Gasteiger partial charge is 0.354 e. The van der Waals surface area contributed by atoms with Gasteiger partial charge in [-0.15, -0.1) is 24.8 Å². The molecule has 0 spiro atoms. The molecule has 1 aliphatic heterocycles. The van der Waals surface area contributed by atoms with Gasteiger partial charge in [-0.2, -0.15) is 0 Å². The number of rotatable bonds is 1. The van der Waals surface area contributed by atoms with Gasteiger partial charge in [-0.1, -0.05) is 0 Å². The van der Waals surface area contributed by atoms with Crippen molar-refractivity contribution in [1.82, 2.24) is 9.97 Å². The molecule has 1 atom stereocenters. The van der Waals surface area contributed by atoms with E-state index in [-0.39, 0.29) is 24.8 Å². The molecule has 2 N–H and O–H groups in total. The second-order valence-electron chi connectivity index (χ2n) is 3.06. The summed E-state index contributed by atoms with van der Waals surface area (Å²) in [5.74, 6) is 0.936. The zero-order valence-corrected chi connectivity index (χ0v) is 9.30. The maximum absolute atomic E-state index is 5.77. The van der Waals surface area contributed by atoms with Gasteiger partial charge >= 0.3 is 0 Å². The van der Waals surface area contributed by atoms with Crippen LogP contribution in [0.25, 0.3) is 0 Å². The molecule has 0 unspecified atom stereocenters. The standard InChI is InChI=1S/C8H12N4.2ClH/c9-7-1-4-12(6-7)8-5-10-2-3-11-8;;/h2-3,5,7H,1,4,6,9H2;2*1H/t7-;;/m0../s1. The lowest BCUT2D eigenvalue weighted by Crippen LogP contribution is -2.26. The highest BCUT2D eigenvalue weighted by atomic mass is 35.5. The molecule has 1 fully saturated rings. The van der Waals surface area contributed by atoms with Crippen molar-refractivity contribution in [2.45, 2.75) is 12.5 Å². The van der Waals surface area contributed by atoms with Gasteiger partial charge in [-0.05, 0) is 6.42 Å². The van der Waals surface area contributed by atoms with Crippen molar-refractivity contribution in [3.05, 3.63) is 18.6 Å². The lowest BCUT2D eigenvalue weighted by molar-refractivity contribution is 0.751. The van der Waals surface area contributed by atoms with Crippen molar-refractivity contribution in [3.63, 3.8) is 0 Å². The van der Waals surface area contributed by atoms with E-state index in [0.29, 0.717) is 6.04 Å². The Hall–Kier alpha value is -0.580. The first-order valence-electron chi connectivity index (χ1n) is 4.13. The molecule has 1 aromatic heterocycles. The van der Waals surface area contributed by atoms with Gasteiger partial charge in [0.15, 0.2) is 0 Å². The average molecular weight is 237 g/mol. The summed E-state index contributed by atoms with van der Waals surface area (Å²) in [6, 6.07) is 0.298. The van der Waals surface area contributed by atoms with Crippen LogP contribution in [0.3, 0.4) is 0 Å². The Morgan fingerprint density at radius 2 is 2.14 bits per heavy atom. The van der Waals surface area contributed by atoms with Crippen molar-refractivity contribution in [2.24, 2.45) is 5.73 Å². The van der Waals surface area contributed by atoms with E-state index in [1.165, 1.54) is 0 Å². The summed E-state index contributed by atoms with van der Waals surface area (Å²) in [5.41, 5.74) is 5.77. The van der Waals surface area contributed by atoms with Crippen LogP contribution in [-0.4, -0.2) is 29.1 Å². The fraction of sp³-hybridized carbons (Fsp3) is 0.500. The number of halogens is 2. The molecule has 6 heteroatoms. The molecule has 2 rings (SSSR count). The van der Waals surface area contributed by atoms with Crippen LogP contribution in [0.2, 0.25) is 0 Å². The Morgan fingerprint density at radius 3 is 2.64 bits per heavy atom. The molecular formula is C8H14Cl2N4. The fourth-order valence-electron chi connectivity index (χ4n) is 1.45. The molecule has 0 aromatic carbocycles. The van der Waals surface area contributed by atoms with Crippen LogP contribution in [0.15, 0.2) is 18.6 Å². The van der Waals surface area contributed by atoms with Gasteiger partial charge in [0, 0.05) is 31.5 Å². The summed E-state index contributed by atoms with van der Waals surface area (Å²) >= 11 is 0. The summed E-state index contributed by atoms with van der Waals surface area (Å²) in [6.07, 6.45) is 6.22. The first-order chi connectivity index (χ1) is 5.86. The molecule has 0 aliphatic carbocycles. The zero-order valence-electron chi connectivity index (χ0n) is 7.67. The van der Waals surface area contributed by atoms with E-state index in [2.05, 4.69) is 14.9 Å². The predicted octanol–water partition coefficient (Wildman–Crippen LogP) is 0.858. The average Bonchev–Trinajstić information content (AvgIpc) is 2.54. The number of hydrogen-bond acceptors (Lipinski definition) is 4. The van der Waals surface area contributed by atoms with Gasteiger partial charge in [-0.25, -0.2) is 4.98 Å². The minimum atomic E-state index is 0. The van der Waals surface area contributed by atoms with Crippen molar-refractivity contribution >= 4 is 30.6 Å². The Labute approximate surface area is 95.7 Å². The molecule has 0 saturated carbocycles. The van der Waals surface area contributed by atoms with E-state index in [9.17, 15) is 0 Å². The van der Waals surface area contributed by atoms with Gasteiger partial charge in [0.25, 0.3) is 0 Å². The lowest BCUT2D eigenvalue weighted by atomic mass is 10.3. The van der Waals surface area contributed by atoms with E-state index in [4.69, 9.17) is 5.73 Å². The Morgan fingerprint density at radius 1 is 1.36 bits per heavy atom. The third-order valence-electron chi connectivity index (χ3n) is 2.10. The number of anilines is 1. The van der Waals surface area contributed by atoms with Crippen LogP contribution < -0.4 is 10.6 Å². The van der Waals surface area contributed by atoms with Crippen LogP contribution in [0.4, 0.5) is 5.82 Å². The number of aromatic nitrogens is 2. The molecule has 0 amide bonds. The molecule has 4 nitrogen and oxygen atoms in total. The first-order valence-corrected chi connectivity index (χ1v) is 4.13. The Kier molecular flexibility index (Phi) is 5.76. The normalized spacial score (nSPS) is 19.8. The Bertz CT molecular complexity index is 257. The predicted molar refractivity (Wildman–Crippen MR) is 61.3 cm³/mol. The highest BCUT2D eigenvalue weighted by molar-refractivity contribution is 5.85. The minimum absolute atomic E-state index is 0. The molecule has 2 heterocycles. The van der Waals surface area contributed by atoms with E-state index in [1.54, 1.807) is 18.6 Å². The lowest BCUT2D eigenvalue weighted by Gasteiger charge is -2.15. The summed E-state index contributed by atoms with van der Waals surface area (Å²) in [5, 5.41) is 0. The third kappa shape index (κ3) is 2.97. The maximum atomic E-state index is 5.77. The summed E-state index contributed by atoms with van der Waals surface area (Å²) in [6.45, 7) is 1.90. The van der Waals surface area contributed by atoms with Crippen molar-refractivity contribution in [3.8, 4) is 0 Å². The van der Waals surface area contributed by atoms with E-state index in [0.717, 1.165) is 25.3 Å². The Balaban J connectivity index is 0.000000845. The maximum Gasteiger partial charge on any atom is 0.147 e. The van der Waals surface area contributed by atoms with Crippen LogP contribution in [0, 0.1) is 0 Å². The number of nitrogens with two attached hydrogens (primary N) is 1. The van der Waals surface area contributed by atoms with Gasteiger partial charge in [0.05, 0.1) is 6.20 Å². The summed E-state index contributed by atoms with van der Waals surface area (Å²) in [7, 11) is 0. The van der Waals surface area contributed by atoms with Gasteiger partial charge in [-0.3, -0.25) is 4.98 Å². The molecule has 1 saturated heterocycles. The smallest absolute Gasteiger partial charge is 0.147 e. The van der Waals surface area contributed by atoms with E-state index in [1.807, 2.05) is 0 Å². The molecule has 0 bridgehead atoms. The highest BCUT2D eigenvalue weighted by Gasteiger charge is 2.19. The first kappa shape index (κ1) is 13.4. The fourth-order valence-corrected chi connectivity index (χ4v) is 1.45. The quantitative estimate of drug-likeness (QED) is 0.787. The number of nitrogens with zero attached hydrogens (tertiary/aromatic N) is 3. The summed E-state index contributed by atoms with van der Waals surface area (Å²) < 4.78 is 0. The van der Waals surface area contributed by atoms with E-state index < -0.39 is 0 Å². The van der Waals surface area contributed by atoms with Gasteiger partial charge in [0.1, 0.15) is 5.82 Å². The minimum Gasteiger partial charge on any atom is -0.354 e. The monoisotopic (exact) mass is 236 g/mol. The SMILES string of the molecule is Cl.Cl.N[C@H]1CCN(c2cnccn2)C1. The summed E-state index contributed by atoms with van der Waals surface area (Å²) in [4.78, 5) is 10.4. The van der Waals surface area contributed by atoms with Crippen LogP contribution in [-0.2, 0) is 0 Å². The molecule has 1 aromatic rings. The second kappa shape index (κ2) is 6.01. The second-order valence-corrected chi connectivity index (χ2v) is 3.06. The van der Waals surface area contributed by atoms with Crippen molar-refractivity contribution in [2.75, 3.05) is 18.0 Å².